The van der Waals surface area contributed by atoms with Crippen molar-refractivity contribution in [1.82, 2.24) is 15.0 Å². The van der Waals surface area contributed by atoms with Crippen molar-refractivity contribution in [2.75, 3.05) is 13.3 Å². The lowest BCUT2D eigenvalue weighted by atomic mass is 10.0. The molecule has 7 heteroatoms. The molecule has 3 heterocycles. The zero-order valence-electron chi connectivity index (χ0n) is 16.1. The Kier molecular flexibility index (Phi) is 4.42. The minimum absolute atomic E-state index is 0.0666. The Morgan fingerprint density at radius 3 is 2.76 bits per heavy atom. The number of benzene rings is 2. The highest BCUT2D eigenvalue weighted by atomic mass is 16.7. The molecule has 1 fully saturated rings. The van der Waals surface area contributed by atoms with E-state index in [2.05, 4.69) is 10.1 Å². The van der Waals surface area contributed by atoms with Crippen molar-refractivity contribution in [3.8, 4) is 22.9 Å². The van der Waals surface area contributed by atoms with Gasteiger partial charge in [0.15, 0.2) is 11.5 Å². The number of piperidine rings is 1. The lowest BCUT2D eigenvalue weighted by Crippen LogP contribution is -2.38. The predicted octanol–water partition coefficient (Wildman–Crippen LogP) is 4.14. The highest BCUT2D eigenvalue weighted by molar-refractivity contribution is 5.95. The fourth-order valence-electron chi connectivity index (χ4n) is 3.82. The first-order valence-electron chi connectivity index (χ1n) is 9.80. The number of hydrogen-bond acceptors (Lipinski definition) is 6. The summed E-state index contributed by atoms with van der Waals surface area (Å²) < 4.78 is 16.3. The van der Waals surface area contributed by atoms with Gasteiger partial charge in [0.2, 0.25) is 18.5 Å². The summed E-state index contributed by atoms with van der Waals surface area (Å²) in [7, 11) is 0. The minimum Gasteiger partial charge on any atom is -0.454 e. The van der Waals surface area contributed by atoms with Crippen LogP contribution in [0.2, 0.25) is 0 Å². The number of amides is 1. The second-order valence-corrected chi connectivity index (χ2v) is 7.40. The van der Waals surface area contributed by atoms with Crippen LogP contribution in [0.5, 0.6) is 11.5 Å². The molecule has 2 aliphatic rings. The van der Waals surface area contributed by atoms with Crippen molar-refractivity contribution >= 4 is 5.91 Å². The van der Waals surface area contributed by atoms with Crippen LogP contribution in [0.25, 0.3) is 11.4 Å². The molecule has 0 N–H and O–H groups in total. The predicted molar refractivity (Wildman–Crippen MR) is 105 cm³/mol. The van der Waals surface area contributed by atoms with E-state index < -0.39 is 0 Å². The van der Waals surface area contributed by atoms with E-state index in [-0.39, 0.29) is 18.7 Å². The van der Waals surface area contributed by atoms with Crippen LogP contribution in [0.1, 0.15) is 47.1 Å². The fraction of sp³-hybridized carbons (Fsp3) is 0.318. The number of aromatic nitrogens is 2. The molecule has 5 rings (SSSR count). The van der Waals surface area contributed by atoms with Gasteiger partial charge >= 0.3 is 0 Å². The van der Waals surface area contributed by atoms with Crippen LogP contribution in [-0.4, -0.2) is 34.3 Å². The lowest BCUT2D eigenvalue weighted by Gasteiger charge is -2.33. The second-order valence-electron chi connectivity index (χ2n) is 7.40. The summed E-state index contributed by atoms with van der Waals surface area (Å²) in [6.07, 6.45) is 2.76. The fourth-order valence-corrected chi connectivity index (χ4v) is 3.82. The monoisotopic (exact) mass is 391 g/mol. The lowest BCUT2D eigenvalue weighted by molar-refractivity contribution is 0.0561. The summed E-state index contributed by atoms with van der Waals surface area (Å²) in [6.45, 7) is 2.87. The molecular weight excluding hydrogens is 370 g/mol. The van der Waals surface area contributed by atoms with Crippen LogP contribution in [0.3, 0.4) is 0 Å². The summed E-state index contributed by atoms with van der Waals surface area (Å²) in [5.74, 6) is 2.22. The van der Waals surface area contributed by atoms with E-state index in [0.717, 1.165) is 24.8 Å². The van der Waals surface area contributed by atoms with Crippen LogP contribution in [0.15, 0.2) is 47.0 Å². The van der Waals surface area contributed by atoms with Crippen molar-refractivity contribution in [3.63, 3.8) is 0 Å². The van der Waals surface area contributed by atoms with Crippen molar-refractivity contribution in [2.24, 2.45) is 0 Å². The molecular formula is C22H21N3O4. The average Bonchev–Trinajstić information content (AvgIpc) is 3.43. The Hall–Kier alpha value is -3.35. The number of carbonyl (C=O) groups excluding carboxylic acids is 1. The molecule has 7 nitrogen and oxygen atoms in total. The molecule has 1 aromatic heterocycles. The van der Waals surface area contributed by atoms with Gasteiger partial charge in [-0.1, -0.05) is 35.0 Å². The van der Waals surface area contributed by atoms with Gasteiger partial charge in [0, 0.05) is 17.7 Å². The molecule has 1 saturated heterocycles. The summed E-state index contributed by atoms with van der Waals surface area (Å²) in [5, 5.41) is 4.14. The smallest absolute Gasteiger partial charge is 0.254 e. The van der Waals surface area contributed by atoms with E-state index in [1.807, 2.05) is 36.1 Å². The molecule has 2 aliphatic heterocycles. The summed E-state index contributed by atoms with van der Waals surface area (Å²) in [6, 6.07) is 13.0. The van der Waals surface area contributed by atoms with E-state index in [1.165, 1.54) is 5.56 Å². The minimum atomic E-state index is -0.228. The normalized spacial score (nSPS) is 18.1. The molecule has 1 unspecified atom stereocenters. The number of ether oxygens (including phenoxy) is 2. The Labute approximate surface area is 168 Å². The van der Waals surface area contributed by atoms with E-state index in [4.69, 9.17) is 14.0 Å². The van der Waals surface area contributed by atoms with Crippen LogP contribution in [-0.2, 0) is 0 Å². The van der Waals surface area contributed by atoms with E-state index in [1.54, 1.807) is 18.2 Å². The third-order valence-electron chi connectivity index (χ3n) is 5.42. The molecule has 1 atom stereocenters. The molecule has 0 radical (unpaired) electrons. The summed E-state index contributed by atoms with van der Waals surface area (Å²) in [4.78, 5) is 19.7. The number of rotatable bonds is 3. The molecule has 3 aromatic rings. The zero-order chi connectivity index (χ0) is 19.8. The second kappa shape index (κ2) is 7.24. The summed E-state index contributed by atoms with van der Waals surface area (Å²) >= 11 is 0. The van der Waals surface area contributed by atoms with Crippen LogP contribution < -0.4 is 9.47 Å². The Morgan fingerprint density at radius 2 is 1.90 bits per heavy atom. The number of aryl methyl sites for hydroxylation is 1. The van der Waals surface area contributed by atoms with Crippen LogP contribution >= 0.6 is 0 Å². The van der Waals surface area contributed by atoms with E-state index in [9.17, 15) is 4.79 Å². The third kappa shape index (κ3) is 3.33. The molecule has 0 aliphatic carbocycles. The summed E-state index contributed by atoms with van der Waals surface area (Å²) in [5.41, 5.74) is 2.64. The van der Waals surface area contributed by atoms with Gasteiger partial charge in [-0.15, -0.1) is 0 Å². The maximum absolute atomic E-state index is 13.2. The average molecular weight is 391 g/mol. The van der Waals surface area contributed by atoms with Gasteiger partial charge in [0.1, 0.15) is 6.04 Å². The Balaban J connectivity index is 1.41. The van der Waals surface area contributed by atoms with E-state index in [0.29, 0.717) is 35.3 Å². The van der Waals surface area contributed by atoms with Gasteiger partial charge in [-0.05, 0) is 44.4 Å². The molecule has 148 valence electrons. The number of likely N-dealkylation sites (tertiary alicyclic amines) is 1. The highest BCUT2D eigenvalue weighted by Gasteiger charge is 2.33. The Morgan fingerprint density at radius 1 is 1.07 bits per heavy atom. The maximum atomic E-state index is 13.2. The van der Waals surface area contributed by atoms with Crippen LogP contribution in [0, 0.1) is 6.92 Å². The molecule has 29 heavy (non-hydrogen) atoms. The van der Waals surface area contributed by atoms with Gasteiger partial charge in [-0.25, -0.2) is 0 Å². The van der Waals surface area contributed by atoms with Gasteiger partial charge in [0.25, 0.3) is 5.91 Å². The van der Waals surface area contributed by atoms with Crippen molar-refractivity contribution in [3.05, 3.63) is 59.5 Å². The topological polar surface area (TPSA) is 77.7 Å². The standard InChI is InChI=1S/C22H21N3O4/c1-14-5-7-15(8-6-14)20-23-21(29-24-20)17-4-2-3-11-25(17)22(26)16-9-10-18-19(12-16)28-13-27-18/h5-10,12,17H,2-4,11,13H2,1H3. The SMILES string of the molecule is Cc1ccc(-c2noc(C3CCCCN3C(=O)c3ccc4c(c3)OCO4)n2)cc1. The van der Waals surface area contributed by atoms with E-state index >= 15 is 0 Å². The first kappa shape index (κ1) is 17.7. The number of carbonyl (C=O) groups is 1. The van der Waals surface area contributed by atoms with Gasteiger partial charge < -0.3 is 18.9 Å². The van der Waals surface area contributed by atoms with Gasteiger partial charge in [-0.2, -0.15) is 4.98 Å². The largest absolute Gasteiger partial charge is 0.454 e. The van der Waals surface area contributed by atoms with Crippen molar-refractivity contribution in [2.45, 2.75) is 32.2 Å². The first-order chi connectivity index (χ1) is 14.2. The van der Waals surface area contributed by atoms with Crippen molar-refractivity contribution < 1.29 is 18.8 Å². The molecule has 2 aromatic carbocycles. The van der Waals surface area contributed by atoms with Gasteiger partial charge in [-0.3, -0.25) is 4.79 Å². The third-order valence-corrected chi connectivity index (χ3v) is 5.42. The number of fused-ring (bicyclic) bond motifs is 1. The Bertz CT molecular complexity index is 1040. The quantitative estimate of drug-likeness (QED) is 0.668. The number of nitrogens with zero attached hydrogens (tertiary/aromatic N) is 3. The molecule has 0 saturated carbocycles. The molecule has 0 bridgehead atoms. The maximum Gasteiger partial charge on any atom is 0.254 e. The van der Waals surface area contributed by atoms with Crippen molar-refractivity contribution in [1.29, 1.82) is 0 Å². The first-order valence-corrected chi connectivity index (χ1v) is 9.80. The highest BCUT2D eigenvalue weighted by Crippen LogP contribution is 2.36. The molecule has 0 spiro atoms. The van der Waals surface area contributed by atoms with Gasteiger partial charge in [0.05, 0.1) is 0 Å². The number of hydrogen-bond donors (Lipinski definition) is 0. The zero-order valence-corrected chi connectivity index (χ0v) is 16.1. The molecule has 1 amide bonds. The van der Waals surface area contributed by atoms with Crippen LogP contribution in [0.4, 0.5) is 0 Å².